The van der Waals surface area contributed by atoms with Gasteiger partial charge < -0.3 is 0 Å². The quantitative estimate of drug-likeness (QED) is 0.400. The van der Waals surface area contributed by atoms with Gasteiger partial charge in [-0.2, -0.15) is 0 Å². The topological polar surface area (TPSA) is 94.3 Å². The van der Waals surface area contributed by atoms with E-state index in [0.717, 1.165) is 52.2 Å². The van der Waals surface area contributed by atoms with E-state index in [1.165, 1.54) is 0 Å². The molecule has 170 valence electrons. The van der Waals surface area contributed by atoms with Crippen molar-refractivity contribution in [2.24, 2.45) is 0 Å². The fourth-order valence-electron chi connectivity index (χ4n) is 4.20. The highest BCUT2D eigenvalue weighted by Crippen LogP contribution is 2.28. The number of H-pyrrole nitrogens is 1. The number of imidazole rings is 1. The third-order valence-electron chi connectivity index (χ3n) is 5.91. The maximum absolute atomic E-state index is 13.4. The smallest absolute Gasteiger partial charge is 0.292 e. The van der Waals surface area contributed by atoms with E-state index in [1.807, 2.05) is 84.5 Å². The molecular formula is C26H25N7O. The summed E-state index contributed by atoms with van der Waals surface area (Å²) in [5.74, 6) is 0.592. The Kier molecular flexibility index (Phi) is 5.86. The average Bonchev–Trinajstić information content (AvgIpc) is 3.50. The van der Waals surface area contributed by atoms with E-state index < -0.39 is 0 Å². The van der Waals surface area contributed by atoms with Crippen molar-refractivity contribution in [3.63, 3.8) is 0 Å². The van der Waals surface area contributed by atoms with Gasteiger partial charge in [-0.15, -0.1) is 5.10 Å². The number of aryl methyl sites for hydroxylation is 2. The van der Waals surface area contributed by atoms with Crippen molar-refractivity contribution in [2.45, 2.75) is 33.2 Å². The van der Waals surface area contributed by atoms with Crippen LogP contribution in [0.25, 0.3) is 28.3 Å². The molecule has 0 amide bonds. The summed E-state index contributed by atoms with van der Waals surface area (Å²) < 4.78 is 3.60. The van der Waals surface area contributed by atoms with Gasteiger partial charge in [-0.1, -0.05) is 61.9 Å². The van der Waals surface area contributed by atoms with Gasteiger partial charge in [0.2, 0.25) is 0 Å². The molecule has 0 radical (unpaired) electrons. The van der Waals surface area contributed by atoms with E-state index in [-0.39, 0.29) is 5.69 Å². The summed E-state index contributed by atoms with van der Waals surface area (Å²) in [7, 11) is 0. The second-order valence-electron chi connectivity index (χ2n) is 8.24. The summed E-state index contributed by atoms with van der Waals surface area (Å²) >= 11 is 0. The summed E-state index contributed by atoms with van der Waals surface area (Å²) in [6.07, 6.45) is 5.59. The van der Waals surface area contributed by atoms with Crippen molar-refractivity contribution in [1.29, 1.82) is 0 Å². The molecule has 2 aromatic carbocycles. The molecule has 0 saturated carbocycles. The average molecular weight is 452 g/mol. The van der Waals surface area contributed by atoms with Crippen molar-refractivity contribution >= 4 is 0 Å². The molecule has 0 saturated heterocycles. The highest BCUT2D eigenvalue weighted by Gasteiger charge is 2.15. The highest BCUT2D eigenvalue weighted by atomic mass is 16.1. The molecule has 0 aliphatic rings. The highest BCUT2D eigenvalue weighted by molar-refractivity contribution is 5.78. The number of hydrogen-bond acceptors (Lipinski definition) is 5. The van der Waals surface area contributed by atoms with Crippen LogP contribution in [-0.4, -0.2) is 34.7 Å². The monoisotopic (exact) mass is 451 g/mol. The minimum absolute atomic E-state index is 0.0370. The minimum Gasteiger partial charge on any atom is -0.292 e. The van der Waals surface area contributed by atoms with Crippen LogP contribution in [-0.2, 0) is 13.0 Å². The van der Waals surface area contributed by atoms with Gasteiger partial charge in [0, 0.05) is 29.2 Å². The first-order chi connectivity index (χ1) is 16.7. The van der Waals surface area contributed by atoms with Crippen LogP contribution in [0.15, 0.2) is 77.9 Å². The first-order valence-electron chi connectivity index (χ1n) is 11.3. The van der Waals surface area contributed by atoms with E-state index in [1.54, 1.807) is 4.57 Å². The second kappa shape index (κ2) is 9.27. The summed E-state index contributed by atoms with van der Waals surface area (Å²) in [4.78, 5) is 18.1. The van der Waals surface area contributed by atoms with Crippen LogP contribution in [0.5, 0.6) is 0 Å². The van der Waals surface area contributed by atoms with Crippen LogP contribution in [0, 0.1) is 6.92 Å². The lowest BCUT2D eigenvalue weighted by Crippen LogP contribution is -2.25. The van der Waals surface area contributed by atoms with E-state index in [2.05, 4.69) is 27.5 Å². The van der Waals surface area contributed by atoms with Crippen LogP contribution in [0.4, 0.5) is 0 Å². The maximum Gasteiger partial charge on any atom is 0.333 e. The van der Waals surface area contributed by atoms with E-state index >= 15 is 0 Å². The van der Waals surface area contributed by atoms with Gasteiger partial charge in [0.15, 0.2) is 5.82 Å². The molecule has 0 unspecified atom stereocenters. The minimum atomic E-state index is -0.0370. The van der Waals surface area contributed by atoms with Crippen LogP contribution < -0.4 is 5.69 Å². The number of hydrogen-bond donors (Lipinski definition) is 1. The molecule has 0 spiro atoms. The molecule has 0 fully saturated rings. The van der Waals surface area contributed by atoms with E-state index in [4.69, 9.17) is 4.98 Å². The van der Waals surface area contributed by atoms with Crippen molar-refractivity contribution in [1.82, 2.24) is 34.7 Å². The van der Waals surface area contributed by atoms with Crippen LogP contribution in [0.2, 0.25) is 0 Å². The van der Waals surface area contributed by atoms with Crippen LogP contribution in [0.3, 0.4) is 0 Å². The maximum atomic E-state index is 13.4. The Morgan fingerprint density at radius 2 is 1.76 bits per heavy atom. The fraction of sp³-hybridized carbons (Fsp3) is 0.192. The lowest BCUT2D eigenvalue weighted by molar-refractivity contribution is 0.689. The van der Waals surface area contributed by atoms with Crippen molar-refractivity contribution in [2.75, 3.05) is 0 Å². The van der Waals surface area contributed by atoms with Crippen LogP contribution >= 0.6 is 0 Å². The first kappa shape index (κ1) is 21.5. The predicted octanol–water partition coefficient (Wildman–Crippen LogP) is 4.19. The van der Waals surface area contributed by atoms with Gasteiger partial charge in [0.05, 0.1) is 17.9 Å². The molecular weight excluding hydrogens is 426 g/mol. The Balaban J connectivity index is 1.48. The molecule has 3 aromatic heterocycles. The van der Waals surface area contributed by atoms with Gasteiger partial charge in [-0.25, -0.2) is 9.89 Å². The Bertz CT molecular complexity index is 1460. The number of benzene rings is 2. The predicted molar refractivity (Wildman–Crippen MR) is 131 cm³/mol. The zero-order chi connectivity index (χ0) is 23.5. The fourth-order valence-corrected chi connectivity index (χ4v) is 4.20. The number of nitrogens with zero attached hydrogens (tertiary/aromatic N) is 6. The standard InChI is InChI=1S/C26H25N7O/c1-3-8-20-17-33(24-12-7-4-9-18(24)2)26(34)32(20)16-19-13-14-23(27-15-19)21-10-5-6-11-22(21)25-28-30-31-29-25/h4-7,9-15,17H,3,8,16H2,1-2H3,(H,28,29,30,31). The third-order valence-corrected chi connectivity index (χ3v) is 5.91. The number of pyridine rings is 1. The number of rotatable bonds is 7. The second-order valence-corrected chi connectivity index (χ2v) is 8.24. The Hall–Kier alpha value is -4.33. The van der Waals surface area contributed by atoms with Gasteiger partial charge >= 0.3 is 5.69 Å². The largest absolute Gasteiger partial charge is 0.333 e. The third kappa shape index (κ3) is 4.05. The number of para-hydroxylation sites is 1. The molecule has 0 aliphatic carbocycles. The Morgan fingerprint density at radius 3 is 2.47 bits per heavy atom. The summed E-state index contributed by atoms with van der Waals surface area (Å²) in [5.41, 5.74) is 6.55. The molecule has 3 heterocycles. The summed E-state index contributed by atoms with van der Waals surface area (Å²) in [6, 6.07) is 19.8. The zero-order valence-corrected chi connectivity index (χ0v) is 19.1. The molecule has 1 N–H and O–H groups in total. The van der Waals surface area contributed by atoms with Crippen molar-refractivity contribution in [3.05, 3.63) is 100 Å². The molecule has 34 heavy (non-hydrogen) atoms. The SMILES string of the molecule is CCCc1cn(-c2ccccc2C)c(=O)n1Cc1ccc(-c2ccccc2-c2nnn[nH]2)nc1. The Morgan fingerprint density at radius 1 is 0.971 bits per heavy atom. The van der Waals surface area contributed by atoms with E-state index in [9.17, 15) is 4.79 Å². The summed E-state index contributed by atoms with van der Waals surface area (Å²) in [6.45, 7) is 4.61. The lowest BCUT2D eigenvalue weighted by atomic mass is 10.0. The molecule has 8 nitrogen and oxygen atoms in total. The van der Waals surface area contributed by atoms with Crippen molar-refractivity contribution < 1.29 is 0 Å². The molecule has 0 aliphatic heterocycles. The lowest BCUT2D eigenvalue weighted by Gasteiger charge is -2.09. The first-order valence-corrected chi connectivity index (χ1v) is 11.3. The Labute approximate surface area is 196 Å². The molecule has 8 heteroatoms. The van der Waals surface area contributed by atoms with Crippen LogP contribution in [0.1, 0.15) is 30.2 Å². The van der Waals surface area contributed by atoms with Gasteiger partial charge in [0.25, 0.3) is 0 Å². The molecule has 5 aromatic rings. The zero-order valence-electron chi connectivity index (χ0n) is 19.1. The molecule has 0 atom stereocenters. The summed E-state index contributed by atoms with van der Waals surface area (Å²) in [5, 5.41) is 14.2. The number of aromatic amines is 1. The van der Waals surface area contributed by atoms with Gasteiger partial charge in [0.1, 0.15) is 0 Å². The van der Waals surface area contributed by atoms with E-state index in [0.29, 0.717) is 12.4 Å². The normalized spacial score (nSPS) is 11.1. The van der Waals surface area contributed by atoms with Gasteiger partial charge in [-0.05, 0) is 47.0 Å². The molecule has 0 bridgehead atoms. The van der Waals surface area contributed by atoms with Gasteiger partial charge in [-0.3, -0.25) is 14.1 Å². The number of aromatic nitrogens is 7. The van der Waals surface area contributed by atoms with Crippen molar-refractivity contribution in [3.8, 4) is 28.3 Å². The molecule has 5 rings (SSSR count). The number of tetrazole rings is 1. The number of nitrogens with one attached hydrogen (secondary N) is 1.